The summed E-state index contributed by atoms with van der Waals surface area (Å²) in [5.74, 6) is 0.525. The third kappa shape index (κ3) is 5.32. The van der Waals surface area contributed by atoms with E-state index in [0.717, 1.165) is 24.0 Å². The maximum absolute atomic E-state index is 5.32. The fraction of sp³-hybridized carbons (Fsp3) is 0.145. The van der Waals surface area contributed by atoms with E-state index in [2.05, 4.69) is 212 Å². The Kier molecular flexibility index (Phi) is 7.89. The molecule has 0 bridgehead atoms. The first-order valence-electron chi connectivity index (χ1n) is 21.1. The smallest absolute Gasteiger partial charge is 0.199 e. The number of benzene rings is 6. The molecule has 0 spiro atoms. The molecule has 6 aromatic carbocycles. The van der Waals surface area contributed by atoms with Crippen LogP contribution in [0.3, 0.4) is 0 Å². The minimum atomic E-state index is -0.263. The van der Waals surface area contributed by atoms with Crippen molar-refractivity contribution in [3.63, 3.8) is 0 Å². The molecule has 0 N–H and O–H groups in total. The van der Waals surface area contributed by atoms with Gasteiger partial charge in [0.05, 0.1) is 16.6 Å². The first-order chi connectivity index (χ1) is 29.4. The van der Waals surface area contributed by atoms with E-state index in [0.29, 0.717) is 5.92 Å². The molecule has 290 valence electrons. The quantitative estimate of drug-likeness (QED) is 0.173. The van der Waals surface area contributed by atoms with Gasteiger partial charge in [-0.3, -0.25) is 0 Å². The summed E-state index contributed by atoms with van der Waals surface area (Å²) in [6.07, 6.45) is 18.0. The van der Waals surface area contributed by atoms with Crippen LogP contribution in [-0.4, -0.2) is 34.6 Å². The standard InChI is InChI=1S/C55H44N4S/c1-35-12-10-13-41(30-35)58-49-19-7-4-14-43(49)47-31-38(26-27-50(47)58)39-28-29-55(2)48(32-39)46-16-5-8-20-51(46)59(55)54-56-33-40(34-57(54)3)36-22-24-37(25-23-36)42-17-11-18-45-44-15-6-9-21-52(44)60-53(42)45/h4-11,13-28,30-35,54H,12,29H2,1-3H3. The zero-order valence-corrected chi connectivity index (χ0v) is 34.8. The van der Waals surface area contributed by atoms with E-state index in [9.17, 15) is 0 Å². The van der Waals surface area contributed by atoms with Gasteiger partial charge in [-0.05, 0) is 102 Å². The lowest BCUT2D eigenvalue weighted by Crippen LogP contribution is -2.54. The van der Waals surface area contributed by atoms with Gasteiger partial charge in [0.2, 0.25) is 0 Å². The Morgan fingerprint density at radius 3 is 2.30 bits per heavy atom. The number of rotatable bonds is 5. The second-order valence-electron chi connectivity index (χ2n) is 17.1. The molecule has 2 aliphatic carbocycles. The van der Waals surface area contributed by atoms with Gasteiger partial charge in [0.1, 0.15) is 0 Å². The van der Waals surface area contributed by atoms with Crippen molar-refractivity contribution in [3.8, 4) is 11.1 Å². The zero-order valence-electron chi connectivity index (χ0n) is 34.0. The molecule has 2 aliphatic heterocycles. The summed E-state index contributed by atoms with van der Waals surface area (Å²) in [4.78, 5) is 10.1. The lowest BCUT2D eigenvalue weighted by molar-refractivity contribution is 0.292. The molecule has 4 heterocycles. The fourth-order valence-electron chi connectivity index (χ4n) is 10.3. The van der Waals surface area contributed by atoms with E-state index in [1.165, 1.54) is 86.8 Å². The number of anilines is 1. The second-order valence-corrected chi connectivity index (χ2v) is 18.2. The minimum Gasteiger partial charge on any atom is -0.342 e. The summed E-state index contributed by atoms with van der Waals surface area (Å²) in [5, 5.41) is 5.24. The van der Waals surface area contributed by atoms with Gasteiger partial charge >= 0.3 is 0 Å². The van der Waals surface area contributed by atoms with E-state index in [4.69, 9.17) is 4.99 Å². The molecule has 5 heteroatoms. The monoisotopic (exact) mass is 792 g/mol. The Morgan fingerprint density at radius 1 is 0.700 bits per heavy atom. The molecule has 0 saturated heterocycles. The van der Waals surface area contributed by atoms with E-state index in [-0.39, 0.29) is 11.8 Å². The van der Waals surface area contributed by atoms with Crippen LogP contribution in [0.1, 0.15) is 43.4 Å². The van der Waals surface area contributed by atoms with Crippen molar-refractivity contribution in [2.24, 2.45) is 10.9 Å². The maximum Gasteiger partial charge on any atom is 0.199 e. The molecule has 3 unspecified atom stereocenters. The van der Waals surface area contributed by atoms with Gasteiger partial charge in [0.15, 0.2) is 6.29 Å². The summed E-state index contributed by atoms with van der Waals surface area (Å²) < 4.78 is 5.12. The van der Waals surface area contributed by atoms with Crippen molar-refractivity contribution >= 4 is 87.6 Å². The Morgan fingerprint density at radius 2 is 1.43 bits per heavy atom. The molecular weight excluding hydrogens is 749 g/mol. The van der Waals surface area contributed by atoms with Crippen molar-refractivity contribution in [1.82, 2.24) is 9.47 Å². The molecular formula is C55H44N4S. The zero-order chi connectivity index (χ0) is 40.1. The number of aliphatic imine (C=N–C) groups is 1. The Labute approximate surface area is 354 Å². The highest BCUT2D eigenvalue weighted by Gasteiger charge is 2.48. The SMILES string of the molecule is CC1C=C(n2c3ccccc3c3cc(C4=CCC5(C)C(=C4)c4ccccc4N5C4N=CC(c5ccc(-c6cccc7c6sc6ccccc67)cc5)=CN4C)ccc32)C=CC1. The molecule has 4 nitrogen and oxygen atoms in total. The van der Waals surface area contributed by atoms with E-state index in [1.54, 1.807) is 0 Å². The normalized spacial score (nSPS) is 21.1. The highest BCUT2D eigenvalue weighted by atomic mass is 32.1. The van der Waals surface area contributed by atoms with Crippen LogP contribution in [0.15, 0.2) is 175 Å². The predicted molar refractivity (Wildman–Crippen MR) is 257 cm³/mol. The number of allylic oxidation sites excluding steroid dienone is 7. The van der Waals surface area contributed by atoms with Crippen LogP contribution in [0.25, 0.3) is 75.5 Å². The van der Waals surface area contributed by atoms with E-state index in [1.807, 2.05) is 11.3 Å². The average molecular weight is 793 g/mol. The number of thiophene rings is 1. The van der Waals surface area contributed by atoms with Crippen molar-refractivity contribution in [1.29, 1.82) is 0 Å². The topological polar surface area (TPSA) is 23.8 Å². The van der Waals surface area contributed by atoms with Gasteiger partial charge in [-0.2, -0.15) is 0 Å². The highest BCUT2D eigenvalue weighted by Crippen LogP contribution is 2.54. The van der Waals surface area contributed by atoms with Gasteiger partial charge in [0.25, 0.3) is 0 Å². The lowest BCUT2D eigenvalue weighted by atomic mass is 9.80. The van der Waals surface area contributed by atoms with Crippen molar-refractivity contribution in [2.45, 2.75) is 38.5 Å². The number of hydrogen-bond acceptors (Lipinski definition) is 4. The van der Waals surface area contributed by atoms with Crippen LogP contribution in [0.5, 0.6) is 0 Å². The summed E-state index contributed by atoms with van der Waals surface area (Å²) in [5.41, 5.74) is 14.7. The Bertz CT molecular complexity index is 3280. The molecule has 8 aromatic rings. The molecule has 3 atom stereocenters. The number of para-hydroxylation sites is 2. The van der Waals surface area contributed by atoms with Crippen LogP contribution >= 0.6 is 11.3 Å². The molecule has 0 fully saturated rings. The Balaban J connectivity index is 0.851. The first kappa shape index (κ1) is 35.3. The second kappa shape index (κ2) is 13.4. The summed E-state index contributed by atoms with van der Waals surface area (Å²) in [6, 6.07) is 49.2. The number of hydrogen-bond donors (Lipinski definition) is 0. The number of aromatic nitrogens is 1. The number of fused-ring (bicyclic) bond motifs is 9. The Hall–Kier alpha value is -6.69. The molecule has 0 radical (unpaired) electrons. The van der Waals surface area contributed by atoms with Crippen LogP contribution in [0.4, 0.5) is 5.69 Å². The predicted octanol–water partition coefficient (Wildman–Crippen LogP) is 14.1. The van der Waals surface area contributed by atoms with Gasteiger partial charge in [-0.1, -0.05) is 128 Å². The first-order valence-corrected chi connectivity index (χ1v) is 22.0. The summed E-state index contributed by atoms with van der Waals surface area (Å²) >= 11 is 1.88. The number of nitrogens with zero attached hydrogens (tertiary/aromatic N) is 4. The van der Waals surface area contributed by atoms with E-state index >= 15 is 0 Å². The van der Waals surface area contributed by atoms with Crippen LogP contribution in [-0.2, 0) is 0 Å². The average Bonchev–Trinajstić information content (AvgIpc) is 3.91. The van der Waals surface area contributed by atoms with Gasteiger partial charge in [0, 0.05) is 72.9 Å². The van der Waals surface area contributed by atoms with Gasteiger partial charge in [-0.15, -0.1) is 11.3 Å². The van der Waals surface area contributed by atoms with Crippen LogP contribution < -0.4 is 4.90 Å². The molecule has 2 aromatic heterocycles. The molecule has 0 saturated carbocycles. The highest BCUT2D eigenvalue weighted by molar-refractivity contribution is 7.26. The van der Waals surface area contributed by atoms with Gasteiger partial charge < -0.3 is 14.4 Å². The molecule has 4 aliphatic rings. The largest absolute Gasteiger partial charge is 0.342 e. The summed E-state index contributed by atoms with van der Waals surface area (Å²) in [7, 11) is 2.17. The van der Waals surface area contributed by atoms with E-state index < -0.39 is 0 Å². The van der Waals surface area contributed by atoms with Crippen LogP contribution in [0, 0.1) is 5.92 Å². The third-order valence-electron chi connectivity index (χ3n) is 13.3. The van der Waals surface area contributed by atoms with Crippen molar-refractivity contribution in [2.75, 3.05) is 11.9 Å². The lowest BCUT2D eigenvalue weighted by Gasteiger charge is -2.46. The minimum absolute atomic E-state index is 0.182. The fourth-order valence-corrected chi connectivity index (χ4v) is 11.6. The van der Waals surface area contributed by atoms with Crippen molar-refractivity contribution in [3.05, 3.63) is 187 Å². The molecule has 12 rings (SSSR count). The summed E-state index contributed by atoms with van der Waals surface area (Å²) in [6.45, 7) is 4.70. The molecule has 0 amide bonds. The maximum atomic E-state index is 5.32. The van der Waals surface area contributed by atoms with Crippen LogP contribution in [0.2, 0.25) is 0 Å². The molecule has 60 heavy (non-hydrogen) atoms. The third-order valence-corrected chi connectivity index (χ3v) is 14.5. The van der Waals surface area contributed by atoms with Gasteiger partial charge in [-0.25, -0.2) is 4.99 Å². The van der Waals surface area contributed by atoms with Crippen molar-refractivity contribution < 1.29 is 0 Å².